The maximum Gasteiger partial charge on any atom is 0.255 e. The molecule has 0 radical (unpaired) electrons. The Kier molecular flexibility index (Phi) is 4.89. The smallest absolute Gasteiger partial charge is 0.255 e. The Morgan fingerprint density at radius 1 is 1.27 bits per heavy atom. The molecule has 2 aromatic rings. The highest BCUT2D eigenvalue weighted by molar-refractivity contribution is 5.86. The van der Waals surface area contributed by atoms with E-state index in [9.17, 15) is 9.59 Å². The van der Waals surface area contributed by atoms with E-state index in [0.29, 0.717) is 23.9 Å². The second-order valence-electron chi connectivity index (χ2n) is 7.83. The van der Waals surface area contributed by atoms with Gasteiger partial charge in [0.2, 0.25) is 5.95 Å². The van der Waals surface area contributed by atoms with Gasteiger partial charge in [-0.15, -0.1) is 0 Å². The SMILES string of the molecule is Cn1c(N2CCCC(C(=O)C(C)(C)C)C2)nc(-c2ccncn2)cc1=O. The number of carbonyl (C=O) groups is 1. The summed E-state index contributed by atoms with van der Waals surface area (Å²) in [6, 6.07) is 3.21. The molecule has 26 heavy (non-hydrogen) atoms. The van der Waals surface area contributed by atoms with Gasteiger partial charge >= 0.3 is 0 Å². The summed E-state index contributed by atoms with van der Waals surface area (Å²) in [7, 11) is 1.71. The molecule has 0 bridgehead atoms. The molecule has 1 atom stereocenters. The predicted octanol–water partition coefficient (Wildman–Crippen LogP) is 2.07. The molecule has 0 saturated carbocycles. The fourth-order valence-electron chi connectivity index (χ4n) is 3.37. The summed E-state index contributed by atoms with van der Waals surface area (Å²) in [6.07, 6.45) is 4.85. The molecule has 1 aliphatic rings. The van der Waals surface area contributed by atoms with Gasteiger partial charge in [-0.1, -0.05) is 20.8 Å². The molecule has 0 aromatic carbocycles. The van der Waals surface area contributed by atoms with E-state index in [1.165, 1.54) is 17.0 Å². The lowest BCUT2D eigenvalue weighted by Crippen LogP contribution is -2.44. The molecule has 1 aliphatic heterocycles. The first-order chi connectivity index (χ1) is 12.3. The van der Waals surface area contributed by atoms with Crippen molar-refractivity contribution in [1.29, 1.82) is 0 Å². The van der Waals surface area contributed by atoms with Crippen LogP contribution in [0.3, 0.4) is 0 Å². The first-order valence-electron chi connectivity index (χ1n) is 8.91. The number of hydrogen-bond acceptors (Lipinski definition) is 6. The van der Waals surface area contributed by atoms with Crippen molar-refractivity contribution in [3.8, 4) is 11.4 Å². The first kappa shape index (κ1) is 18.2. The molecule has 2 aromatic heterocycles. The number of aromatic nitrogens is 4. The van der Waals surface area contributed by atoms with E-state index < -0.39 is 0 Å². The van der Waals surface area contributed by atoms with Gasteiger partial charge in [-0.05, 0) is 18.9 Å². The van der Waals surface area contributed by atoms with Crippen molar-refractivity contribution < 1.29 is 4.79 Å². The minimum Gasteiger partial charge on any atom is -0.341 e. The van der Waals surface area contributed by atoms with Crippen LogP contribution in [0.15, 0.2) is 29.5 Å². The number of Topliss-reactive ketones (excluding diaryl/α,β-unsaturated/α-hetero) is 1. The van der Waals surface area contributed by atoms with E-state index >= 15 is 0 Å². The largest absolute Gasteiger partial charge is 0.341 e. The summed E-state index contributed by atoms with van der Waals surface area (Å²) >= 11 is 0. The molecule has 0 spiro atoms. The molecule has 3 rings (SSSR count). The van der Waals surface area contributed by atoms with Gasteiger partial charge in [0, 0.05) is 43.7 Å². The van der Waals surface area contributed by atoms with E-state index in [1.807, 2.05) is 25.7 Å². The standard InChI is InChI=1S/C19H25N5O2/c1-19(2,3)17(26)13-6-5-9-24(11-13)18-22-15(10-16(25)23(18)4)14-7-8-20-12-21-14/h7-8,10,12-13H,5-6,9,11H2,1-4H3. The fourth-order valence-corrected chi connectivity index (χ4v) is 3.37. The number of anilines is 1. The molecule has 0 aliphatic carbocycles. The second-order valence-corrected chi connectivity index (χ2v) is 7.83. The molecule has 1 fully saturated rings. The predicted molar refractivity (Wildman–Crippen MR) is 99.9 cm³/mol. The van der Waals surface area contributed by atoms with Crippen LogP contribution >= 0.6 is 0 Å². The Bertz CT molecular complexity index is 854. The van der Waals surface area contributed by atoms with E-state index in [2.05, 4.69) is 15.0 Å². The number of ketones is 1. The molecular weight excluding hydrogens is 330 g/mol. The van der Waals surface area contributed by atoms with Crippen molar-refractivity contribution in [2.75, 3.05) is 18.0 Å². The van der Waals surface area contributed by atoms with Gasteiger partial charge < -0.3 is 4.90 Å². The quantitative estimate of drug-likeness (QED) is 0.838. The van der Waals surface area contributed by atoms with Crippen LogP contribution in [0, 0.1) is 11.3 Å². The Labute approximate surface area is 153 Å². The highest BCUT2D eigenvalue weighted by Crippen LogP contribution is 2.28. The number of nitrogens with zero attached hydrogens (tertiary/aromatic N) is 5. The van der Waals surface area contributed by atoms with Crippen LogP contribution in [0.5, 0.6) is 0 Å². The van der Waals surface area contributed by atoms with Gasteiger partial charge in [-0.2, -0.15) is 0 Å². The van der Waals surface area contributed by atoms with Crippen LogP contribution < -0.4 is 10.5 Å². The van der Waals surface area contributed by atoms with Gasteiger partial charge in [0.05, 0.1) is 11.4 Å². The van der Waals surface area contributed by atoms with E-state index in [0.717, 1.165) is 19.4 Å². The maximum atomic E-state index is 12.7. The van der Waals surface area contributed by atoms with Gasteiger partial charge in [-0.3, -0.25) is 14.2 Å². The molecule has 7 heteroatoms. The minimum atomic E-state index is -0.365. The number of hydrogen-bond donors (Lipinski definition) is 0. The lowest BCUT2D eigenvalue weighted by atomic mass is 9.80. The minimum absolute atomic E-state index is 0.0386. The van der Waals surface area contributed by atoms with Crippen LogP contribution in [0.1, 0.15) is 33.6 Å². The average molecular weight is 355 g/mol. The van der Waals surface area contributed by atoms with Gasteiger partial charge in [0.25, 0.3) is 5.56 Å². The zero-order chi connectivity index (χ0) is 18.9. The molecule has 0 N–H and O–H groups in total. The number of carbonyl (C=O) groups excluding carboxylic acids is 1. The van der Waals surface area contributed by atoms with Gasteiger partial charge in [0.1, 0.15) is 12.1 Å². The lowest BCUT2D eigenvalue weighted by Gasteiger charge is -2.36. The molecule has 0 amide bonds. The zero-order valence-electron chi connectivity index (χ0n) is 15.8. The molecule has 138 valence electrons. The molecule has 1 saturated heterocycles. The summed E-state index contributed by atoms with van der Waals surface area (Å²) in [5.74, 6) is 0.806. The third-order valence-corrected chi connectivity index (χ3v) is 4.77. The van der Waals surface area contributed by atoms with E-state index in [1.54, 1.807) is 19.3 Å². The summed E-state index contributed by atoms with van der Waals surface area (Å²) in [5, 5.41) is 0. The summed E-state index contributed by atoms with van der Waals surface area (Å²) in [6.45, 7) is 7.24. The Hall–Kier alpha value is -2.57. The topological polar surface area (TPSA) is 81.0 Å². The van der Waals surface area contributed by atoms with Crippen LogP contribution in [0.4, 0.5) is 5.95 Å². The summed E-state index contributed by atoms with van der Waals surface area (Å²) in [4.78, 5) is 39.9. The Morgan fingerprint density at radius 2 is 2.04 bits per heavy atom. The van der Waals surface area contributed by atoms with Crippen LogP contribution in [0.2, 0.25) is 0 Å². The number of piperidine rings is 1. The van der Waals surface area contributed by atoms with Crippen molar-refractivity contribution in [3.63, 3.8) is 0 Å². The third kappa shape index (κ3) is 3.66. The van der Waals surface area contributed by atoms with Crippen LogP contribution in [-0.4, -0.2) is 38.4 Å². The highest BCUT2D eigenvalue weighted by Gasteiger charge is 2.33. The summed E-state index contributed by atoms with van der Waals surface area (Å²) < 4.78 is 1.54. The first-order valence-corrected chi connectivity index (χ1v) is 8.91. The highest BCUT2D eigenvalue weighted by atomic mass is 16.1. The molecular formula is C19H25N5O2. The van der Waals surface area contributed by atoms with Crippen LogP contribution in [0.25, 0.3) is 11.4 Å². The van der Waals surface area contributed by atoms with Crippen molar-refractivity contribution >= 4 is 11.7 Å². The van der Waals surface area contributed by atoms with Gasteiger partial charge in [0.15, 0.2) is 0 Å². The van der Waals surface area contributed by atoms with Crippen molar-refractivity contribution in [3.05, 3.63) is 35.0 Å². The average Bonchev–Trinajstić information content (AvgIpc) is 2.63. The Morgan fingerprint density at radius 3 is 2.69 bits per heavy atom. The van der Waals surface area contributed by atoms with E-state index in [-0.39, 0.29) is 22.7 Å². The van der Waals surface area contributed by atoms with E-state index in [4.69, 9.17) is 0 Å². The normalized spacial score (nSPS) is 18.0. The Balaban J connectivity index is 1.94. The van der Waals surface area contributed by atoms with Crippen molar-refractivity contribution in [2.45, 2.75) is 33.6 Å². The lowest BCUT2D eigenvalue weighted by molar-refractivity contribution is -0.130. The zero-order valence-corrected chi connectivity index (χ0v) is 15.8. The monoisotopic (exact) mass is 355 g/mol. The van der Waals surface area contributed by atoms with Crippen LogP contribution in [-0.2, 0) is 11.8 Å². The molecule has 3 heterocycles. The number of rotatable bonds is 3. The van der Waals surface area contributed by atoms with Crippen molar-refractivity contribution in [1.82, 2.24) is 19.5 Å². The second kappa shape index (κ2) is 6.97. The molecule has 7 nitrogen and oxygen atoms in total. The maximum absolute atomic E-state index is 12.7. The fraction of sp³-hybridized carbons (Fsp3) is 0.526. The molecule has 1 unspecified atom stereocenters. The summed E-state index contributed by atoms with van der Waals surface area (Å²) in [5.41, 5.74) is 0.622. The van der Waals surface area contributed by atoms with Gasteiger partial charge in [-0.25, -0.2) is 15.0 Å². The third-order valence-electron chi connectivity index (χ3n) is 4.77. The van der Waals surface area contributed by atoms with Crippen molar-refractivity contribution in [2.24, 2.45) is 18.4 Å².